The van der Waals surface area contributed by atoms with Gasteiger partial charge in [0.1, 0.15) is 6.10 Å². The van der Waals surface area contributed by atoms with Crippen molar-refractivity contribution < 1.29 is 9.84 Å². The maximum Gasteiger partial charge on any atom is 0.114 e. The molecule has 0 radical (unpaired) electrons. The van der Waals surface area contributed by atoms with E-state index in [2.05, 4.69) is 29.0 Å². The summed E-state index contributed by atoms with van der Waals surface area (Å²) < 4.78 is 6.83. The number of halogens is 1. The number of hydrogen-bond donors (Lipinski definition) is 1. The van der Waals surface area contributed by atoms with Crippen molar-refractivity contribution in [3.63, 3.8) is 0 Å². The molecule has 0 bridgehead atoms. The maximum atomic E-state index is 10.9. The van der Waals surface area contributed by atoms with Gasteiger partial charge in [-0.25, -0.2) is 0 Å². The summed E-state index contributed by atoms with van der Waals surface area (Å²) in [5, 5.41) is 15.6. The first-order chi connectivity index (χ1) is 10.0. The summed E-state index contributed by atoms with van der Waals surface area (Å²) in [7, 11) is 5.79. The minimum Gasteiger partial charge on any atom is -0.385 e. The Labute approximate surface area is 131 Å². The standard InChI is InChI=1S/C14H25ClN4O2/c1-17-5-4-6-18(2)12(10-17)14(20)13-11(15)9-16-19(13)7-8-21-3/h9,12,14,20H,4-8,10H2,1-3H3. The SMILES string of the molecule is COCCn1ncc(Cl)c1C(O)C1CN(C)CCCN1C. The first-order valence-electron chi connectivity index (χ1n) is 7.31. The molecule has 1 aliphatic heterocycles. The lowest BCUT2D eigenvalue weighted by atomic mass is 10.1. The molecule has 120 valence electrons. The third-order valence-corrected chi connectivity index (χ3v) is 4.39. The summed E-state index contributed by atoms with van der Waals surface area (Å²) in [6.45, 7) is 3.95. The van der Waals surface area contributed by atoms with Gasteiger partial charge in [-0.1, -0.05) is 11.6 Å². The third kappa shape index (κ3) is 3.96. The Morgan fingerprint density at radius 3 is 2.95 bits per heavy atom. The highest BCUT2D eigenvalue weighted by atomic mass is 35.5. The van der Waals surface area contributed by atoms with E-state index in [1.165, 1.54) is 0 Å². The Morgan fingerprint density at radius 1 is 1.48 bits per heavy atom. The van der Waals surface area contributed by atoms with E-state index < -0.39 is 6.10 Å². The van der Waals surface area contributed by atoms with Crippen LogP contribution in [0.5, 0.6) is 0 Å². The second-order valence-electron chi connectivity index (χ2n) is 5.70. The van der Waals surface area contributed by atoms with Crippen molar-refractivity contribution >= 4 is 11.6 Å². The van der Waals surface area contributed by atoms with Gasteiger partial charge >= 0.3 is 0 Å². The van der Waals surface area contributed by atoms with Gasteiger partial charge in [0, 0.05) is 13.7 Å². The smallest absolute Gasteiger partial charge is 0.114 e. The monoisotopic (exact) mass is 316 g/mol. The van der Waals surface area contributed by atoms with Crippen molar-refractivity contribution in [2.45, 2.75) is 25.1 Å². The minimum absolute atomic E-state index is 0.00740. The molecule has 2 atom stereocenters. The number of methoxy groups -OCH3 is 1. The number of nitrogens with zero attached hydrogens (tertiary/aromatic N) is 4. The molecule has 0 aliphatic carbocycles. The van der Waals surface area contributed by atoms with E-state index in [0.29, 0.717) is 23.9 Å². The Morgan fingerprint density at radius 2 is 2.24 bits per heavy atom. The Hall–Kier alpha value is -0.660. The number of aliphatic hydroxyl groups is 1. The van der Waals surface area contributed by atoms with Crippen LogP contribution in [0.1, 0.15) is 18.2 Å². The maximum absolute atomic E-state index is 10.9. The van der Waals surface area contributed by atoms with Crippen LogP contribution < -0.4 is 0 Å². The van der Waals surface area contributed by atoms with Gasteiger partial charge in [-0.15, -0.1) is 0 Å². The van der Waals surface area contributed by atoms with Crippen LogP contribution in [0.4, 0.5) is 0 Å². The van der Waals surface area contributed by atoms with Crippen LogP contribution in [0, 0.1) is 0 Å². The molecule has 1 aromatic heterocycles. The summed E-state index contributed by atoms with van der Waals surface area (Å²) in [6.07, 6.45) is 2.03. The second kappa shape index (κ2) is 7.56. The lowest BCUT2D eigenvalue weighted by Crippen LogP contribution is -2.42. The van der Waals surface area contributed by atoms with E-state index in [9.17, 15) is 5.11 Å². The molecule has 7 heteroatoms. The molecular weight excluding hydrogens is 292 g/mol. The summed E-state index contributed by atoms with van der Waals surface area (Å²) in [5.41, 5.74) is 0.681. The number of rotatable bonds is 5. The molecule has 0 amide bonds. The average molecular weight is 317 g/mol. The van der Waals surface area contributed by atoms with E-state index in [-0.39, 0.29) is 6.04 Å². The fraction of sp³-hybridized carbons (Fsp3) is 0.786. The lowest BCUT2D eigenvalue weighted by Gasteiger charge is -2.32. The molecular formula is C14H25ClN4O2. The van der Waals surface area contributed by atoms with Gasteiger partial charge in [0.05, 0.1) is 36.1 Å². The van der Waals surface area contributed by atoms with Crippen molar-refractivity contribution in [1.82, 2.24) is 19.6 Å². The summed E-state index contributed by atoms with van der Waals surface area (Å²) in [6, 6.07) is 0.00740. The van der Waals surface area contributed by atoms with Crippen molar-refractivity contribution in [3.8, 4) is 0 Å². The van der Waals surface area contributed by atoms with Crippen LogP contribution in [0.3, 0.4) is 0 Å². The number of hydrogen-bond acceptors (Lipinski definition) is 5. The first kappa shape index (κ1) is 16.7. The van der Waals surface area contributed by atoms with Gasteiger partial charge in [-0.05, 0) is 33.6 Å². The van der Waals surface area contributed by atoms with Gasteiger partial charge in [-0.3, -0.25) is 9.58 Å². The number of ether oxygens (including phenoxy) is 1. The molecule has 6 nitrogen and oxygen atoms in total. The van der Waals surface area contributed by atoms with Gasteiger partial charge < -0.3 is 14.7 Å². The topological polar surface area (TPSA) is 53.8 Å². The normalized spacial score (nSPS) is 23.2. The highest BCUT2D eigenvalue weighted by molar-refractivity contribution is 6.31. The molecule has 0 spiro atoms. The van der Waals surface area contributed by atoms with Crippen molar-refractivity contribution in [2.75, 3.05) is 47.4 Å². The van der Waals surface area contributed by atoms with E-state index in [1.54, 1.807) is 18.0 Å². The highest BCUT2D eigenvalue weighted by Gasteiger charge is 2.31. The van der Waals surface area contributed by atoms with Gasteiger partial charge in [0.15, 0.2) is 0 Å². The van der Waals surface area contributed by atoms with Crippen LogP contribution in [-0.4, -0.2) is 78.2 Å². The largest absolute Gasteiger partial charge is 0.385 e. The number of aliphatic hydroxyl groups excluding tert-OH is 1. The van der Waals surface area contributed by atoms with Crippen molar-refractivity contribution in [3.05, 3.63) is 16.9 Å². The molecule has 1 N–H and O–H groups in total. The lowest BCUT2D eigenvalue weighted by molar-refractivity contribution is 0.0498. The average Bonchev–Trinajstić information content (AvgIpc) is 2.73. The van der Waals surface area contributed by atoms with Crippen molar-refractivity contribution in [1.29, 1.82) is 0 Å². The molecule has 0 aromatic carbocycles. The molecule has 2 rings (SSSR count). The van der Waals surface area contributed by atoms with E-state index in [1.807, 2.05) is 0 Å². The minimum atomic E-state index is -0.664. The quantitative estimate of drug-likeness (QED) is 0.873. The van der Waals surface area contributed by atoms with Gasteiger partial charge in [0.2, 0.25) is 0 Å². The zero-order valence-electron chi connectivity index (χ0n) is 13.0. The van der Waals surface area contributed by atoms with E-state index >= 15 is 0 Å². The van der Waals surface area contributed by atoms with Crippen LogP contribution in [0.2, 0.25) is 5.02 Å². The summed E-state index contributed by atoms with van der Waals surface area (Å²) >= 11 is 6.25. The van der Waals surface area contributed by atoms with Crippen LogP contribution in [0.25, 0.3) is 0 Å². The molecule has 2 heterocycles. The Kier molecular flexibility index (Phi) is 6.01. The zero-order valence-corrected chi connectivity index (χ0v) is 13.8. The summed E-state index contributed by atoms with van der Waals surface area (Å²) in [4.78, 5) is 4.46. The number of likely N-dealkylation sites (N-methyl/N-ethyl adjacent to an activating group) is 2. The molecule has 1 saturated heterocycles. The van der Waals surface area contributed by atoms with E-state index in [4.69, 9.17) is 16.3 Å². The molecule has 1 aromatic rings. The molecule has 1 fully saturated rings. The Balaban J connectivity index is 2.21. The summed E-state index contributed by atoms with van der Waals surface area (Å²) in [5.74, 6) is 0. The first-order valence-corrected chi connectivity index (χ1v) is 7.69. The van der Waals surface area contributed by atoms with Gasteiger partial charge in [-0.2, -0.15) is 5.10 Å². The molecule has 0 saturated carbocycles. The van der Waals surface area contributed by atoms with E-state index in [0.717, 1.165) is 26.1 Å². The predicted molar refractivity (Wildman–Crippen MR) is 82.6 cm³/mol. The Bertz CT molecular complexity index is 454. The number of aromatic nitrogens is 2. The zero-order chi connectivity index (χ0) is 15.4. The van der Waals surface area contributed by atoms with Crippen LogP contribution >= 0.6 is 11.6 Å². The second-order valence-corrected chi connectivity index (χ2v) is 6.11. The molecule has 2 unspecified atom stereocenters. The fourth-order valence-electron chi connectivity index (χ4n) is 2.85. The predicted octanol–water partition coefficient (Wildman–Crippen LogP) is 0.852. The molecule has 21 heavy (non-hydrogen) atoms. The van der Waals surface area contributed by atoms with Crippen molar-refractivity contribution in [2.24, 2.45) is 0 Å². The molecule has 1 aliphatic rings. The van der Waals surface area contributed by atoms with Crippen LogP contribution in [-0.2, 0) is 11.3 Å². The van der Waals surface area contributed by atoms with Crippen LogP contribution in [0.15, 0.2) is 6.20 Å². The fourth-order valence-corrected chi connectivity index (χ4v) is 3.10. The van der Waals surface area contributed by atoms with Gasteiger partial charge in [0.25, 0.3) is 0 Å². The third-order valence-electron chi connectivity index (χ3n) is 4.10. The highest BCUT2D eigenvalue weighted by Crippen LogP contribution is 2.28.